The highest BCUT2D eigenvalue weighted by Crippen LogP contribution is 2.46. The van der Waals surface area contributed by atoms with Crippen LogP contribution in [0, 0.1) is 11.7 Å². The van der Waals surface area contributed by atoms with Crippen molar-refractivity contribution in [2.45, 2.75) is 122 Å². The lowest BCUT2D eigenvalue weighted by Crippen LogP contribution is -2.55. The van der Waals surface area contributed by atoms with Gasteiger partial charge in [-0.1, -0.05) is 83.7 Å². The van der Waals surface area contributed by atoms with Crippen LogP contribution in [-0.2, 0) is 42.4 Å². The van der Waals surface area contributed by atoms with Crippen molar-refractivity contribution < 1.29 is 33.0 Å². The Balaban J connectivity index is 1.39. The van der Waals surface area contributed by atoms with Crippen molar-refractivity contribution in [1.82, 2.24) is 15.1 Å². The number of esters is 1. The first-order valence-corrected chi connectivity index (χ1v) is 18.3. The zero-order valence-electron chi connectivity index (χ0n) is 30.6. The fourth-order valence-electron chi connectivity index (χ4n) is 7.18. The molecule has 3 amide bonds. The Hall–Kier alpha value is -4.41. The Kier molecular flexibility index (Phi) is 11.8. The summed E-state index contributed by atoms with van der Waals surface area (Å²) in [5, 5.41) is 6.38. The summed E-state index contributed by atoms with van der Waals surface area (Å²) in [5.74, 6) is -2.04. The number of nitrogens with one attached hydrogen (secondary N) is 2. The van der Waals surface area contributed by atoms with Gasteiger partial charge in [0.1, 0.15) is 29.5 Å². The van der Waals surface area contributed by atoms with Gasteiger partial charge in [0, 0.05) is 30.1 Å². The topological polar surface area (TPSA) is 117 Å². The van der Waals surface area contributed by atoms with E-state index >= 15 is 0 Å². The Morgan fingerprint density at radius 2 is 1.84 bits per heavy atom. The molecule has 2 aromatic rings. The first kappa shape index (κ1) is 37.8. The molecule has 0 radical (unpaired) electrons. The average Bonchev–Trinajstić information content (AvgIpc) is 3.39. The van der Waals surface area contributed by atoms with Gasteiger partial charge in [0.15, 0.2) is 0 Å². The monoisotopic (exact) mass is 704 g/mol. The van der Waals surface area contributed by atoms with Gasteiger partial charge >= 0.3 is 12.1 Å². The van der Waals surface area contributed by atoms with Crippen molar-refractivity contribution in [3.63, 3.8) is 0 Å². The minimum absolute atomic E-state index is 0.00965. The molecule has 0 bridgehead atoms. The predicted octanol–water partition coefficient (Wildman–Crippen LogP) is 6.62. The molecule has 276 valence electrons. The zero-order valence-corrected chi connectivity index (χ0v) is 30.6. The highest BCUT2D eigenvalue weighted by molar-refractivity contribution is 5.96. The summed E-state index contributed by atoms with van der Waals surface area (Å²) < 4.78 is 25.7. The van der Waals surface area contributed by atoms with E-state index in [0.717, 1.165) is 36.9 Å². The van der Waals surface area contributed by atoms with Crippen LogP contribution in [0.3, 0.4) is 0 Å². The molecular weight excluding hydrogens is 651 g/mol. The molecule has 5 atom stereocenters. The fourth-order valence-corrected chi connectivity index (χ4v) is 7.18. The fraction of sp³-hybridized carbons (Fsp3) is 0.550. The first-order chi connectivity index (χ1) is 24.3. The van der Waals surface area contributed by atoms with Crippen LogP contribution in [0.1, 0.15) is 96.3 Å². The number of likely N-dealkylation sites (tertiary alicyclic amines) is 1. The highest BCUT2D eigenvalue weighted by atomic mass is 19.1. The standard InChI is InChI=1S/C40H53FN4O6/c1-7-10-11-12-19-33(42-29-17-14-16-28(20-29)39(4,5)6)36(47)45-24-30(51-38(49)44-23-26-15-13-18-32(41)31(26)25-44)21-34(45)35(46)43-40(22-27(40)8-2)37(48)50-9-3/h8,13-18,20,27,30,33-34,42H,2,7,9-12,19,21-25H2,1,3-6H3,(H,43,46)/t27-,30-,33+,34+,40-/m1/s1. The van der Waals surface area contributed by atoms with Crippen LogP contribution >= 0.6 is 0 Å². The number of hydrogen-bond donors (Lipinski definition) is 2. The average molecular weight is 705 g/mol. The second-order valence-corrected chi connectivity index (χ2v) is 15.1. The molecule has 5 rings (SSSR count). The maximum atomic E-state index is 14.6. The summed E-state index contributed by atoms with van der Waals surface area (Å²) in [5.41, 5.74) is 1.72. The number of fused-ring (bicyclic) bond motifs is 1. The molecule has 1 aliphatic carbocycles. The van der Waals surface area contributed by atoms with Gasteiger partial charge in [-0.25, -0.2) is 14.0 Å². The van der Waals surface area contributed by atoms with E-state index in [1.54, 1.807) is 25.1 Å². The summed E-state index contributed by atoms with van der Waals surface area (Å²) in [6.45, 7) is 14.5. The number of unbranched alkanes of at least 4 members (excludes halogenated alkanes) is 3. The van der Waals surface area contributed by atoms with Crippen molar-refractivity contribution in [3.05, 3.63) is 77.6 Å². The van der Waals surface area contributed by atoms with E-state index in [4.69, 9.17) is 9.47 Å². The molecule has 10 nitrogen and oxygen atoms in total. The largest absolute Gasteiger partial charge is 0.464 e. The summed E-state index contributed by atoms with van der Waals surface area (Å²) in [6.07, 6.45) is 4.95. The number of amides is 3. The lowest BCUT2D eigenvalue weighted by Gasteiger charge is -2.30. The Labute approximate surface area is 301 Å². The first-order valence-electron chi connectivity index (χ1n) is 18.3. The molecule has 1 saturated heterocycles. The van der Waals surface area contributed by atoms with Crippen molar-refractivity contribution >= 4 is 29.6 Å². The molecular formula is C40H53FN4O6. The van der Waals surface area contributed by atoms with Gasteiger partial charge in [-0.05, 0) is 54.5 Å². The van der Waals surface area contributed by atoms with Crippen LogP contribution in [0.15, 0.2) is 55.1 Å². The normalized spacial score (nSPS) is 22.9. The zero-order chi connectivity index (χ0) is 36.9. The number of benzene rings is 2. The molecule has 0 unspecified atom stereocenters. The van der Waals surface area contributed by atoms with E-state index in [-0.39, 0.29) is 55.7 Å². The van der Waals surface area contributed by atoms with Crippen LogP contribution in [0.25, 0.3) is 0 Å². The van der Waals surface area contributed by atoms with E-state index in [9.17, 15) is 23.6 Å². The van der Waals surface area contributed by atoms with Gasteiger partial charge in [-0.15, -0.1) is 6.58 Å². The molecule has 1 saturated carbocycles. The third-order valence-electron chi connectivity index (χ3n) is 10.3. The number of anilines is 1. The van der Waals surface area contributed by atoms with Gasteiger partial charge in [0.05, 0.1) is 19.7 Å². The third-order valence-corrected chi connectivity index (χ3v) is 10.3. The van der Waals surface area contributed by atoms with E-state index in [0.29, 0.717) is 24.0 Å². The van der Waals surface area contributed by atoms with Crippen molar-refractivity contribution in [1.29, 1.82) is 0 Å². The number of rotatable bonds is 14. The summed E-state index contributed by atoms with van der Waals surface area (Å²) >= 11 is 0. The molecule has 2 aromatic carbocycles. The van der Waals surface area contributed by atoms with E-state index in [1.807, 2.05) is 18.2 Å². The molecule has 11 heteroatoms. The van der Waals surface area contributed by atoms with Crippen LogP contribution in [0.4, 0.5) is 14.9 Å². The predicted molar refractivity (Wildman–Crippen MR) is 193 cm³/mol. The third kappa shape index (κ3) is 8.56. The van der Waals surface area contributed by atoms with Gasteiger partial charge in [0.2, 0.25) is 11.8 Å². The summed E-state index contributed by atoms with van der Waals surface area (Å²) in [7, 11) is 0. The molecule has 0 spiro atoms. The number of nitrogens with zero attached hydrogens (tertiary/aromatic N) is 2. The van der Waals surface area contributed by atoms with Gasteiger partial charge in [0.25, 0.3) is 0 Å². The molecule has 51 heavy (non-hydrogen) atoms. The minimum atomic E-state index is -1.26. The second-order valence-electron chi connectivity index (χ2n) is 15.1. The lowest BCUT2D eigenvalue weighted by molar-refractivity contribution is -0.150. The van der Waals surface area contributed by atoms with E-state index < -0.39 is 41.7 Å². The molecule has 0 aromatic heterocycles. The van der Waals surface area contributed by atoms with Crippen molar-refractivity contribution in [2.24, 2.45) is 5.92 Å². The number of halogens is 1. The molecule has 2 heterocycles. The maximum absolute atomic E-state index is 14.6. The van der Waals surface area contributed by atoms with E-state index in [2.05, 4.69) is 51.0 Å². The van der Waals surface area contributed by atoms with Crippen LogP contribution in [0.5, 0.6) is 0 Å². The van der Waals surface area contributed by atoms with E-state index in [1.165, 1.54) is 15.9 Å². The van der Waals surface area contributed by atoms with Crippen LogP contribution in [0.2, 0.25) is 0 Å². The number of carbonyl (C=O) groups excluding carboxylic acids is 4. The number of carbonyl (C=O) groups is 4. The van der Waals surface area contributed by atoms with Crippen molar-refractivity contribution in [3.8, 4) is 0 Å². The minimum Gasteiger partial charge on any atom is -0.464 e. The van der Waals surface area contributed by atoms with Gasteiger partial charge in [-0.3, -0.25) is 14.5 Å². The van der Waals surface area contributed by atoms with Crippen LogP contribution in [-0.4, -0.2) is 70.6 Å². The molecule has 2 N–H and O–H groups in total. The van der Waals surface area contributed by atoms with Gasteiger partial charge < -0.3 is 25.0 Å². The summed E-state index contributed by atoms with van der Waals surface area (Å²) in [6, 6.07) is 11.1. The maximum Gasteiger partial charge on any atom is 0.410 e. The highest BCUT2D eigenvalue weighted by Gasteiger charge is 2.62. The number of hydrogen-bond acceptors (Lipinski definition) is 7. The Bertz CT molecular complexity index is 1620. The summed E-state index contributed by atoms with van der Waals surface area (Å²) in [4.78, 5) is 58.1. The lowest BCUT2D eigenvalue weighted by atomic mass is 9.87. The Morgan fingerprint density at radius 3 is 2.51 bits per heavy atom. The molecule has 2 aliphatic heterocycles. The Morgan fingerprint density at radius 1 is 1.08 bits per heavy atom. The second kappa shape index (κ2) is 15.9. The molecule has 2 fully saturated rings. The van der Waals surface area contributed by atoms with Gasteiger partial charge in [-0.2, -0.15) is 0 Å². The van der Waals surface area contributed by atoms with Crippen LogP contribution < -0.4 is 10.6 Å². The van der Waals surface area contributed by atoms with Crippen molar-refractivity contribution in [2.75, 3.05) is 18.5 Å². The number of ether oxygens (including phenoxy) is 2. The smallest absolute Gasteiger partial charge is 0.410 e. The SMILES string of the molecule is C=C[C@@H]1C[C@]1(NC(=O)[C@@H]1C[C@@H](OC(=O)N2Cc3cccc(F)c3C2)CN1C(=O)[C@H](CCCCCC)Nc1cccc(C(C)(C)C)c1)C(=O)OCC. The quantitative estimate of drug-likeness (QED) is 0.129. The molecule has 3 aliphatic rings.